The first-order valence-corrected chi connectivity index (χ1v) is 7.20. The Kier molecular flexibility index (Phi) is 4.56. The molecule has 1 aromatic rings. The second-order valence-corrected chi connectivity index (χ2v) is 5.46. The third kappa shape index (κ3) is 3.21. The fraction of sp³-hybridized carbons (Fsp3) is 0.692. The molecule has 0 radical (unpaired) electrons. The summed E-state index contributed by atoms with van der Waals surface area (Å²) in [5.41, 5.74) is -1.20. The highest BCUT2D eigenvalue weighted by Gasteiger charge is 2.25. The Labute approximate surface area is 122 Å². The lowest BCUT2D eigenvalue weighted by atomic mass is 10.2. The zero-order valence-corrected chi connectivity index (χ0v) is 12.6. The van der Waals surface area contributed by atoms with Gasteiger partial charge in [0.1, 0.15) is 0 Å². The van der Waals surface area contributed by atoms with Crippen molar-refractivity contribution >= 4 is 11.9 Å². The zero-order valence-electron chi connectivity index (χ0n) is 12.6. The Bertz CT molecular complexity index is 596. The summed E-state index contributed by atoms with van der Waals surface area (Å²) in [6.45, 7) is 6.26. The maximum Gasteiger partial charge on any atom is 0.355 e. The van der Waals surface area contributed by atoms with Gasteiger partial charge in [0, 0.05) is 26.1 Å². The van der Waals surface area contributed by atoms with Crippen LogP contribution in [-0.4, -0.2) is 38.5 Å². The fourth-order valence-electron chi connectivity index (χ4n) is 2.53. The van der Waals surface area contributed by atoms with Gasteiger partial charge in [-0.05, 0) is 26.7 Å². The minimum atomic E-state index is -0.646. The molecule has 0 atom stereocenters. The van der Waals surface area contributed by atoms with Crippen LogP contribution in [0.5, 0.6) is 0 Å². The van der Waals surface area contributed by atoms with Crippen molar-refractivity contribution in [1.82, 2.24) is 19.5 Å². The third-order valence-corrected chi connectivity index (χ3v) is 3.48. The van der Waals surface area contributed by atoms with E-state index < -0.39 is 11.4 Å². The second kappa shape index (κ2) is 6.21. The first-order chi connectivity index (χ1) is 9.91. The highest BCUT2D eigenvalue weighted by molar-refractivity contribution is 5.88. The molecule has 1 aliphatic rings. The molecule has 116 valence electrons. The Morgan fingerprint density at radius 1 is 1.24 bits per heavy atom. The van der Waals surface area contributed by atoms with Crippen LogP contribution in [0, 0.1) is 0 Å². The van der Waals surface area contributed by atoms with Crippen LogP contribution >= 0.6 is 0 Å². The lowest BCUT2D eigenvalue weighted by molar-refractivity contribution is -0.120. The number of carbonyl (C=O) groups excluding carboxylic acids is 1. The highest BCUT2D eigenvalue weighted by Crippen LogP contribution is 2.15. The van der Waals surface area contributed by atoms with Crippen LogP contribution < -0.4 is 16.4 Å². The molecule has 2 rings (SSSR count). The zero-order chi connectivity index (χ0) is 15.6. The number of piperidine rings is 1. The summed E-state index contributed by atoms with van der Waals surface area (Å²) in [7, 11) is 0. The Morgan fingerprint density at radius 2 is 1.86 bits per heavy atom. The number of nitrogens with one attached hydrogen (secondary N) is 1. The van der Waals surface area contributed by atoms with Gasteiger partial charge in [0.2, 0.25) is 11.9 Å². The Morgan fingerprint density at radius 3 is 2.33 bits per heavy atom. The number of rotatable bonds is 3. The van der Waals surface area contributed by atoms with Gasteiger partial charge >= 0.3 is 11.4 Å². The molecule has 0 saturated carbocycles. The monoisotopic (exact) mass is 295 g/mol. The molecule has 1 aromatic heterocycles. The summed E-state index contributed by atoms with van der Waals surface area (Å²) in [5.74, 6) is -0.280. The second-order valence-electron chi connectivity index (χ2n) is 5.46. The number of nitrogens with zero attached hydrogens (tertiary/aromatic N) is 4. The van der Waals surface area contributed by atoms with E-state index in [0.29, 0.717) is 13.1 Å². The van der Waals surface area contributed by atoms with Crippen LogP contribution in [0.15, 0.2) is 9.59 Å². The van der Waals surface area contributed by atoms with E-state index in [1.165, 1.54) is 11.9 Å². The van der Waals surface area contributed by atoms with Crippen molar-refractivity contribution in [2.75, 3.05) is 18.1 Å². The molecule has 0 bridgehead atoms. The van der Waals surface area contributed by atoms with Crippen LogP contribution in [0.2, 0.25) is 0 Å². The predicted octanol–water partition coefficient (Wildman–Crippen LogP) is 0.266. The topological polar surface area (TPSA) is 91.3 Å². The number of H-pyrrole nitrogens is 1. The standard InChI is InChI=1S/C13H21N5O3/c1-9(2)17-12(20)14-11(15-13(17)21)18(10(3)19)16-7-5-4-6-8-16/h9H,4-8H2,1-3H3,(H,14,15,20,21). The highest BCUT2D eigenvalue weighted by atomic mass is 16.2. The number of anilines is 1. The van der Waals surface area contributed by atoms with Crippen molar-refractivity contribution in [3.8, 4) is 0 Å². The smallest absolute Gasteiger partial charge is 0.276 e. The summed E-state index contributed by atoms with van der Waals surface area (Å²) < 4.78 is 1.03. The quantitative estimate of drug-likeness (QED) is 0.864. The van der Waals surface area contributed by atoms with Gasteiger partial charge in [-0.15, -0.1) is 0 Å². The fourth-order valence-corrected chi connectivity index (χ4v) is 2.53. The predicted molar refractivity (Wildman–Crippen MR) is 78.1 cm³/mol. The molecule has 0 unspecified atom stereocenters. The number of aromatic nitrogens is 3. The van der Waals surface area contributed by atoms with Gasteiger partial charge in [-0.2, -0.15) is 4.98 Å². The summed E-state index contributed by atoms with van der Waals surface area (Å²) in [6, 6.07) is -0.288. The minimum absolute atomic E-state index is 0.00343. The minimum Gasteiger partial charge on any atom is -0.276 e. The molecule has 1 amide bonds. The van der Waals surface area contributed by atoms with Gasteiger partial charge in [-0.3, -0.25) is 9.78 Å². The average molecular weight is 295 g/mol. The molecule has 1 saturated heterocycles. The molecule has 8 nitrogen and oxygen atoms in total. The van der Waals surface area contributed by atoms with Crippen molar-refractivity contribution in [2.45, 2.75) is 46.1 Å². The molecule has 0 aliphatic carbocycles. The first-order valence-electron chi connectivity index (χ1n) is 7.20. The average Bonchev–Trinajstić information content (AvgIpc) is 2.38. The maximum atomic E-state index is 12.0. The van der Waals surface area contributed by atoms with E-state index in [-0.39, 0.29) is 17.9 Å². The van der Waals surface area contributed by atoms with Gasteiger partial charge in [-0.1, -0.05) is 6.42 Å². The summed E-state index contributed by atoms with van der Waals surface area (Å²) in [5, 5.41) is 3.12. The molecular formula is C13H21N5O3. The van der Waals surface area contributed by atoms with E-state index in [1.54, 1.807) is 13.8 Å². The largest absolute Gasteiger partial charge is 0.355 e. The number of hydrazine groups is 1. The molecule has 1 N–H and O–H groups in total. The van der Waals surface area contributed by atoms with E-state index in [4.69, 9.17) is 0 Å². The number of aromatic amines is 1. The summed E-state index contributed by atoms with van der Waals surface area (Å²) >= 11 is 0. The van der Waals surface area contributed by atoms with Crippen LogP contribution in [0.4, 0.5) is 5.95 Å². The van der Waals surface area contributed by atoms with Crippen molar-refractivity contribution in [1.29, 1.82) is 0 Å². The third-order valence-electron chi connectivity index (χ3n) is 3.48. The summed E-state index contributed by atoms with van der Waals surface area (Å²) in [4.78, 5) is 42.3. The van der Waals surface area contributed by atoms with Gasteiger partial charge in [0.25, 0.3) is 0 Å². The normalized spacial score (nSPS) is 16.2. The van der Waals surface area contributed by atoms with E-state index in [9.17, 15) is 14.4 Å². The lowest BCUT2D eigenvalue weighted by Crippen LogP contribution is -2.51. The van der Waals surface area contributed by atoms with E-state index in [2.05, 4.69) is 9.97 Å². The molecule has 0 aromatic carbocycles. The lowest BCUT2D eigenvalue weighted by Gasteiger charge is -2.35. The molecule has 2 heterocycles. The number of hydrogen-bond donors (Lipinski definition) is 1. The van der Waals surface area contributed by atoms with E-state index in [0.717, 1.165) is 23.8 Å². The SMILES string of the molecule is CC(=O)N(c1nc(=O)n(C(C)C)c(=O)[nH]1)N1CCCCC1. The van der Waals surface area contributed by atoms with Crippen molar-refractivity contribution < 1.29 is 4.79 Å². The number of amides is 1. The molecule has 8 heteroatoms. The molecule has 0 spiro atoms. The Hall–Kier alpha value is -1.96. The first kappa shape index (κ1) is 15.4. The van der Waals surface area contributed by atoms with Crippen LogP contribution in [0.25, 0.3) is 0 Å². The number of hydrogen-bond acceptors (Lipinski definition) is 5. The number of carbonyl (C=O) groups is 1. The van der Waals surface area contributed by atoms with Gasteiger partial charge in [0.15, 0.2) is 0 Å². The Balaban J connectivity index is 2.44. The molecule has 1 fully saturated rings. The van der Waals surface area contributed by atoms with E-state index in [1.807, 2.05) is 5.01 Å². The van der Waals surface area contributed by atoms with Crippen molar-refractivity contribution in [2.24, 2.45) is 0 Å². The molecular weight excluding hydrogens is 274 g/mol. The summed E-state index contributed by atoms with van der Waals surface area (Å²) in [6.07, 6.45) is 3.05. The molecule has 21 heavy (non-hydrogen) atoms. The van der Waals surface area contributed by atoms with Crippen LogP contribution in [-0.2, 0) is 4.79 Å². The van der Waals surface area contributed by atoms with E-state index >= 15 is 0 Å². The van der Waals surface area contributed by atoms with Gasteiger partial charge < -0.3 is 0 Å². The van der Waals surface area contributed by atoms with Crippen LogP contribution in [0.1, 0.15) is 46.1 Å². The van der Waals surface area contributed by atoms with Crippen molar-refractivity contribution in [3.63, 3.8) is 0 Å². The van der Waals surface area contributed by atoms with Gasteiger partial charge in [0.05, 0.1) is 0 Å². The van der Waals surface area contributed by atoms with Crippen LogP contribution in [0.3, 0.4) is 0 Å². The van der Waals surface area contributed by atoms with Gasteiger partial charge in [-0.25, -0.2) is 24.2 Å². The maximum absolute atomic E-state index is 12.0. The van der Waals surface area contributed by atoms with Crippen molar-refractivity contribution in [3.05, 3.63) is 21.0 Å². The molecule has 1 aliphatic heterocycles.